The summed E-state index contributed by atoms with van der Waals surface area (Å²) in [5.74, 6) is -0.0822. The van der Waals surface area contributed by atoms with Crippen molar-refractivity contribution >= 4 is 5.91 Å². The highest BCUT2D eigenvalue weighted by Gasteiger charge is 2.28. The molecule has 1 N–H and O–H groups in total. The van der Waals surface area contributed by atoms with Crippen molar-refractivity contribution in [3.8, 4) is 0 Å². The maximum Gasteiger partial charge on any atom is 0.244 e. The third-order valence-corrected chi connectivity index (χ3v) is 3.99. The average molecular weight is 305 g/mol. The zero-order valence-electron chi connectivity index (χ0n) is 13.7. The fraction of sp³-hybridized carbons (Fsp3) is 0.190. The van der Waals surface area contributed by atoms with Gasteiger partial charge in [-0.1, -0.05) is 78.9 Å². The molecule has 0 bridgehead atoms. The zero-order chi connectivity index (χ0) is 16.5. The Labute approximate surface area is 138 Å². The Bertz CT molecular complexity index is 632. The smallest absolute Gasteiger partial charge is 0.244 e. The molecule has 0 atom stereocenters. The number of carbonyl (C=O) groups is 1. The summed E-state index contributed by atoms with van der Waals surface area (Å²) in [5, 5.41) is 3.02. The van der Waals surface area contributed by atoms with Crippen LogP contribution in [-0.2, 0) is 10.2 Å². The summed E-state index contributed by atoms with van der Waals surface area (Å²) in [4.78, 5) is 12.0. The standard InChI is InChI=1S/C21H23NO/c1-3-4-7-16-20(23)22-17-21(2,18-12-8-5-9-13-18)19-14-10-6-11-15-19/h3-16H,17H2,1-2H3,(H,22,23)/b4-3+,16-7+. The SMILES string of the molecule is C/C=C/C=C/C(=O)NCC(C)(c1ccccc1)c1ccccc1. The van der Waals surface area contributed by atoms with Crippen molar-refractivity contribution < 1.29 is 4.79 Å². The predicted octanol–water partition coefficient (Wildman–Crippen LogP) is 4.24. The van der Waals surface area contributed by atoms with Gasteiger partial charge in [0.2, 0.25) is 5.91 Å². The Hall–Kier alpha value is -2.61. The average Bonchev–Trinajstić information content (AvgIpc) is 2.61. The van der Waals surface area contributed by atoms with Crippen LogP contribution in [0.1, 0.15) is 25.0 Å². The Morgan fingerprint density at radius 2 is 1.48 bits per heavy atom. The minimum absolute atomic E-state index is 0.0822. The fourth-order valence-electron chi connectivity index (χ4n) is 2.56. The number of amides is 1. The van der Waals surface area contributed by atoms with Gasteiger partial charge in [0.05, 0.1) is 0 Å². The molecule has 0 unspecified atom stereocenters. The van der Waals surface area contributed by atoms with Crippen LogP contribution in [0, 0.1) is 0 Å². The Balaban J connectivity index is 2.24. The number of rotatable bonds is 6. The van der Waals surface area contributed by atoms with Crippen molar-refractivity contribution in [2.24, 2.45) is 0 Å². The van der Waals surface area contributed by atoms with E-state index in [9.17, 15) is 4.79 Å². The van der Waals surface area contributed by atoms with Crippen molar-refractivity contribution in [2.75, 3.05) is 6.54 Å². The van der Waals surface area contributed by atoms with E-state index >= 15 is 0 Å². The van der Waals surface area contributed by atoms with Gasteiger partial charge in [0.15, 0.2) is 0 Å². The minimum atomic E-state index is -0.271. The molecule has 2 rings (SSSR count). The topological polar surface area (TPSA) is 29.1 Å². The third-order valence-electron chi connectivity index (χ3n) is 3.99. The number of hydrogen-bond donors (Lipinski definition) is 1. The second-order valence-electron chi connectivity index (χ2n) is 5.67. The maximum absolute atomic E-state index is 12.0. The van der Waals surface area contributed by atoms with E-state index in [2.05, 4.69) is 36.5 Å². The molecule has 0 saturated carbocycles. The minimum Gasteiger partial charge on any atom is -0.351 e. The van der Waals surface area contributed by atoms with Crippen LogP contribution >= 0.6 is 0 Å². The molecule has 0 heterocycles. The second kappa shape index (κ2) is 8.14. The lowest BCUT2D eigenvalue weighted by Gasteiger charge is -2.31. The van der Waals surface area contributed by atoms with Crippen molar-refractivity contribution in [3.63, 3.8) is 0 Å². The summed E-state index contributed by atoms with van der Waals surface area (Å²) in [5.41, 5.74) is 2.10. The van der Waals surface area contributed by atoms with Crippen LogP contribution in [0.3, 0.4) is 0 Å². The monoisotopic (exact) mass is 305 g/mol. The molecule has 1 amide bonds. The third kappa shape index (κ3) is 4.43. The summed E-state index contributed by atoms with van der Waals surface area (Å²) in [6.45, 7) is 4.62. The summed E-state index contributed by atoms with van der Waals surface area (Å²) >= 11 is 0. The molecule has 0 radical (unpaired) electrons. The first kappa shape index (κ1) is 16.8. The number of nitrogens with one attached hydrogen (secondary N) is 1. The molecule has 118 valence electrons. The van der Waals surface area contributed by atoms with Gasteiger partial charge in [0.1, 0.15) is 0 Å². The van der Waals surface area contributed by atoms with Gasteiger partial charge in [-0.25, -0.2) is 0 Å². The first-order valence-corrected chi connectivity index (χ1v) is 7.85. The lowest BCUT2D eigenvalue weighted by molar-refractivity contribution is -0.116. The van der Waals surface area contributed by atoms with Gasteiger partial charge in [-0.05, 0) is 25.0 Å². The van der Waals surface area contributed by atoms with Crippen molar-refractivity contribution in [1.29, 1.82) is 0 Å². The van der Waals surface area contributed by atoms with E-state index < -0.39 is 0 Å². The predicted molar refractivity (Wildman–Crippen MR) is 96.3 cm³/mol. The van der Waals surface area contributed by atoms with E-state index in [1.54, 1.807) is 12.2 Å². The highest BCUT2D eigenvalue weighted by molar-refractivity contribution is 5.87. The molecule has 0 aliphatic rings. The van der Waals surface area contributed by atoms with E-state index in [1.165, 1.54) is 11.1 Å². The van der Waals surface area contributed by atoms with Gasteiger partial charge in [-0.2, -0.15) is 0 Å². The molecule has 0 aromatic heterocycles. The van der Waals surface area contributed by atoms with Crippen LogP contribution in [0.5, 0.6) is 0 Å². The van der Waals surface area contributed by atoms with Gasteiger partial charge in [0.25, 0.3) is 0 Å². The maximum atomic E-state index is 12.0. The Morgan fingerprint density at radius 1 is 0.957 bits per heavy atom. The normalized spacial score (nSPS) is 11.9. The van der Waals surface area contributed by atoms with Crippen LogP contribution in [0.2, 0.25) is 0 Å². The molecule has 0 fully saturated rings. The largest absolute Gasteiger partial charge is 0.351 e. The lowest BCUT2D eigenvalue weighted by atomic mass is 9.76. The van der Waals surface area contributed by atoms with Gasteiger partial charge in [-0.15, -0.1) is 0 Å². The van der Waals surface area contributed by atoms with Crippen LogP contribution in [0.25, 0.3) is 0 Å². The van der Waals surface area contributed by atoms with Crippen LogP contribution in [0.4, 0.5) is 0 Å². The summed E-state index contributed by atoms with van der Waals surface area (Å²) in [6, 6.07) is 20.6. The fourth-order valence-corrected chi connectivity index (χ4v) is 2.56. The molecule has 0 aliphatic carbocycles. The molecule has 23 heavy (non-hydrogen) atoms. The number of allylic oxidation sites excluding steroid dienone is 3. The zero-order valence-corrected chi connectivity index (χ0v) is 13.7. The van der Waals surface area contributed by atoms with Crippen LogP contribution in [0.15, 0.2) is 85.0 Å². The Kier molecular flexibility index (Phi) is 5.93. The molecule has 2 heteroatoms. The first-order valence-electron chi connectivity index (χ1n) is 7.85. The van der Waals surface area contributed by atoms with E-state index in [0.717, 1.165) is 0 Å². The molecule has 2 nitrogen and oxygen atoms in total. The number of hydrogen-bond acceptors (Lipinski definition) is 1. The molecule has 2 aromatic rings. The number of benzene rings is 2. The molecular formula is C21H23NO. The highest BCUT2D eigenvalue weighted by Crippen LogP contribution is 2.31. The number of carbonyl (C=O) groups excluding carboxylic acids is 1. The van der Waals surface area contributed by atoms with E-state index in [0.29, 0.717) is 6.54 Å². The lowest BCUT2D eigenvalue weighted by Crippen LogP contribution is -2.39. The highest BCUT2D eigenvalue weighted by atomic mass is 16.1. The molecule has 0 aliphatic heterocycles. The van der Waals surface area contributed by atoms with E-state index in [1.807, 2.05) is 55.5 Å². The first-order chi connectivity index (χ1) is 11.2. The summed E-state index contributed by atoms with van der Waals surface area (Å²) in [7, 11) is 0. The summed E-state index contributed by atoms with van der Waals surface area (Å²) in [6.07, 6.45) is 7.03. The Morgan fingerprint density at radius 3 is 1.96 bits per heavy atom. The molecule has 0 saturated heterocycles. The van der Waals surface area contributed by atoms with E-state index in [-0.39, 0.29) is 11.3 Å². The van der Waals surface area contributed by atoms with Gasteiger partial charge >= 0.3 is 0 Å². The van der Waals surface area contributed by atoms with Crippen molar-refractivity contribution in [3.05, 3.63) is 96.1 Å². The van der Waals surface area contributed by atoms with Gasteiger partial charge in [-0.3, -0.25) is 4.79 Å². The second-order valence-corrected chi connectivity index (χ2v) is 5.67. The van der Waals surface area contributed by atoms with Crippen LogP contribution < -0.4 is 5.32 Å². The van der Waals surface area contributed by atoms with E-state index in [4.69, 9.17) is 0 Å². The van der Waals surface area contributed by atoms with Crippen molar-refractivity contribution in [1.82, 2.24) is 5.32 Å². The van der Waals surface area contributed by atoms with Gasteiger partial charge in [0, 0.05) is 18.0 Å². The van der Waals surface area contributed by atoms with Crippen molar-refractivity contribution in [2.45, 2.75) is 19.3 Å². The van der Waals surface area contributed by atoms with Gasteiger partial charge < -0.3 is 5.32 Å². The molecule has 0 spiro atoms. The molecule has 2 aromatic carbocycles. The molecular weight excluding hydrogens is 282 g/mol. The van der Waals surface area contributed by atoms with Crippen LogP contribution in [-0.4, -0.2) is 12.5 Å². The summed E-state index contributed by atoms with van der Waals surface area (Å²) < 4.78 is 0. The quantitative estimate of drug-likeness (QED) is 0.627.